The molecule has 0 aromatic heterocycles. The third kappa shape index (κ3) is 9.70. The van der Waals surface area contributed by atoms with E-state index in [0.29, 0.717) is 0 Å². The number of hydrogen-bond acceptors (Lipinski definition) is 0. The van der Waals surface area contributed by atoms with E-state index in [1.54, 1.807) is 23.3 Å². The van der Waals surface area contributed by atoms with Gasteiger partial charge in [-0.25, -0.2) is 12.2 Å². The second-order valence-corrected chi connectivity index (χ2v) is 18.9. The molecule has 1 aliphatic carbocycles. The van der Waals surface area contributed by atoms with E-state index in [0.717, 1.165) is 6.42 Å². The van der Waals surface area contributed by atoms with Crippen molar-refractivity contribution in [2.24, 2.45) is 0 Å². The van der Waals surface area contributed by atoms with Gasteiger partial charge in [-0.2, -0.15) is 6.08 Å². The summed E-state index contributed by atoms with van der Waals surface area (Å²) >= 11 is 1.64. The minimum atomic E-state index is -0.455. The van der Waals surface area contributed by atoms with Crippen LogP contribution >= 0.6 is 0 Å². The van der Waals surface area contributed by atoms with Gasteiger partial charge in [0.25, 0.3) is 0 Å². The van der Waals surface area contributed by atoms with Crippen LogP contribution in [0.25, 0.3) is 21.5 Å². The van der Waals surface area contributed by atoms with Gasteiger partial charge in [0.2, 0.25) is 0 Å². The van der Waals surface area contributed by atoms with Crippen molar-refractivity contribution in [1.29, 1.82) is 0 Å². The predicted octanol–water partition coefficient (Wildman–Crippen LogP) is 3.58. The van der Waals surface area contributed by atoms with Crippen molar-refractivity contribution in [3.8, 4) is 0 Å². The fourth-order valence-electron chi connectivity index (χ4n) is 5.67. The molecule has 0 spiro atoms. The predicted molar refractivity (Wildman–Crippen MR) is 183 cm³/mol. The Kier molecular flexibility index (Phi) is 14.3. The third-order valence-corrected chi connectivity index (χ3v) is 13.8. The fourth-order valence-corrected chi connectivity index (χ4v) is 9.51. The Morgan fingerprint density at radius 3 is 1.36 bits per heavy atom. The van der Waals surface area contributed by atoms with Crippen LogP contribution in [0.1, 0.15) is 70.2 Å². The van der Waals surface area contributed by atoms with Gasteiger partial charge in [-0.1, -0.05) is 75.9 Å². The van der Waals surface area contributed by atoms with Crippen LogP contribution in [0.3, 0.4) is 0 Å². The Balaban J connectivity index is 0.000000273. The number of rotatable bonds is 2. The zero-order valence-corrected chi connectivity index (χ0v) is 32.3. The summed E-state index contributed by atoms with van der Waals surface area (Å²) in [6.45, 7) is 18.3. The fraction of sp³-hybridized carbons (Fsp3) is 0.275. The summed E-state index contributed by atoms with van der Waals surface area (Å²) in [5, 5.41) is 8.58. The average molecular weight is 715 g/mol. The monoisotopic (exact) mass is 712 g/mol. The first kappa shape index (κ1) is 38.1. The molecule has 0 saturated heterocycles. The van der Waals surface area contributed by atoms with E-state index in [2.05, 4.69) is 159 Å². The molecule has 0 atom stereocenters. The Morgan fingerprint density at radius 2 is 1.07 bits per heavy atom. The first-order chi connectivity index (χ1) is 19.9. The Bertz CT molecular complexity index is 1610. The molecule has 0 aliphatic heterocycles. The SMILES string of the molecule is Cc1cc2[cH-]c3cc(C)c(C(C)(C)C)cc3c2cc1C(C)(C)C.[C-]1=CC=CC1.[Cl-].[Cl-].[Zr+2]=[Si](c1ccccc1)c1ccccc1. The zero-order chi connectivity index (χ0) is 30.5. The van der Waals surface area contributed by atoms with Crippen molar-refractivity contribution in [2.75, 3.05) is 0 Å². The van der Waals surface area contributed by atoms with Gasteiger partial charge >= 0.3 is 99.8 Å². The molecular formula is C40H44Cl2SiZr-2. The van der Waals surface area contributed by atoms with Gasteiger partial charge in [-0.15, -0.1) is 46.2 Å². The van der Waals surface area contributed by atoms with E-state index in [1.807, 2.05) is 12.2 Å². The molecule has 0 N–H and O–H groups in total. The number of fused-ring (bicyclic) bond motifs is 3. The summed E-state index contributed by atoms with van der Waals surface area (Å²) < 4.78 is 0. The second kappa shape index (κ2) is 16.5. The molecule has 0 saturated carbocycles. The molecule has 0 nitrogen and oxygen atoms in total. The van der Waals surface area contributed by atoms with Crippen molar-refractivity contribution < 1.29 is 48.1 Å². The number of hydrogen-bond donors (Lipinski definition) is 0. The molecule has 6 rings (SSSR count). The van der Waals surface area contributed by atoms with Crippen LogP contribution in [-0.2, 0) is 34.2 Å². The average Bonchev–Trinajstić information content (AvgIpc) is 3.63. The molecule has 0 amide bonds. The van der Waals surface area contributed by atoms with Crippen LogP contribution in [-0.4, -0.2) is 5.43 Å². The van der Waals surface area contributed by atoms with E-state index in [1.165, 1.54) is 54.2 Å². The molecule has 5 aromatic rings. The van der Waals surface area contributed by atoms with Crippen LogP contribution in [0.4, 0.5) is 0 Å². The molecule has 0 heterocycles. The van der Waals surface area contributed by atoms with Gasteiger partial charge in [0.05, 0.1) is 0 Å². The van der Waals surface area contributed by atoms with Crippen molar-refractivity contribution in [2.45, 2.75) is 72.6 Å². The second-order valence-electron chi connectivity index (χ2n) is 13.3. The Hall–Kier alpha value is -2.09. The van der Waals surface area contributed by atoms with Gasteiger partial charge in [-0.3, -0.25) is 6.08 Å². The standard InChI is InChI=1S/C23H29.C12H10Si.C5H5.2ClH.Zr/c1-14-9-16-11-17-10-15(2)21(23(6,7)8)13-19(17)18(16)12-20(14)22(3,4)5;1-3-7-11(8-4-1)13-12-9-5-2-6-10-12;1-2-4-5-3-1;;;/h9-13H,1-8H3;1-10H;1-3H,4H2;2*1H;/q-1;;-1;;;+2/p-2. The number of allylic oxidation sites excluding steroid dienone is 4. The van der Waals surface area contributed by atoms with E-state index in [4.69, 9.17) is 0 Å². The molecule has 4 heteroatoms. The van der Waals surface area contributed by atoms with Crippen molar-refractivity contribution in [1.82, 2.24) is 0 Å². The van der Waals surface area contributed by atoms with E-state index in [9.17, 15) is 0 Å². The van der Waals surface area contributed by atoms with Crippen LogP contribution in [0.2, 0.25) is 0 Å². The van der Waals surface area contributed by atoms with Crippen molar-refractivity contribution >= 4 is 37.4 Å². The summed E-state index contributed by atoms with van der Waals surface area (Å²) in [6, 6.07) is 33.6. The summed E-state index contributed by atoms with van der Waals surface area (Å²) in [5.41, 5.74) is 5.61. The first-order valence-corrected chi connectivity index (χ1v) is 20.1. The summed E-state index contributed by atoms with van der Waals surface area (Å²) in [4.78, 5) is 0. The Labute approximate surface area is 293 Å². The van der Waals surface area contributed by atoms with Gasteiger partial charge < -0.3 is 24.8 Å². The summed E-state index contributed by atoms with van der Waals surface area (Å²) in [5.74, 6) is 0. The van der Waals surface area contributed by atoms with Crippen molar-refractivity contribution in [3.05, 3.63) is 138 Å². The maximum absolute atomic E-state index is 2.99. The van der Waals surface area contributed by atoms with Crippen LogP contribution in [0, 0.1) is 19.9 Å². The van der Waals surface area contributed by atoms with Gasteiger partial charge in [0, 0.05) is 0 Å². The van der Waals surface area contributed by atoms with E-state index < -0.39 is 5.43 Å². The van der Waals surface area contributed by atoms with E-state index >= 15 is 0 Å². The molecule has 1 aliphatic rings. The third-order valence-electron chi connectivity index (χ3n) is 7.72. The first-order valence-electron chi connectivity index (χ1n) is 14.9. The Morgan fingerprint density at radius 1 is 0.659 bits per heavy atom. The quantitative estimate of drug-likeness (QED) is 0.194. The molecule has 44 heavy (non-hydrogen) atoms. The van der Waals surface area contributed by atoms with Gasteiger partial charge in [0.1, 0.15) is 0 Å². The molecule has 0 unspecified atom stereocenters. The number of benzene rings is 4. The minimum absolute atomic E-state index is 0. The molecule has 0 bridgehead atoms. The number of halogens is 2. The van der Waals surface area contributed by atoms with Crippen LogP contribution in [0.5, 0.6) is 0 Å². The molecule has 0 radical (unpaired) electrons. The normalized spacial score (nSPS) is 12.0. The number of aryl methyl sites for hydroxylation is 2. The van der Waals surface area contributed by atoms with Crippen molar-refractivity contribution in [3.63, 3.8) is 0 Å². The summed E-state index contributed by atoms with van der Waals surface area (Å²) in [7, 11) is 0. The van der Waals surface area contributed by atoms with Gasteiger partial charge in [-0.05, 0) is 24.7 Å². The summed E-state index contributed by atoms with van der Waals surface area (Å²) in [6.07, 6.45) is 10.0. The van der Waals surface area contributed by atoms with E-state index in [-0.39, 0.29) is 35.6 Å². The molecule has 5 aromatic carbocycles. The molecular weight excluding hydrogens is 671 g/mol. The van der Waals surface area contributed by atoms with Crippen LogP contribution in [0.15, 0.2) is 109 Å². The molecule has 0 fully saturated rings. The zero-order valence-electron chi connectivity index (χ0n) is 27.4. The topological polar surface area (TPSA) is 0 Å². The van der Waals surface area contributed by atoms with Crippen LogP contribution < -0.4 is 35.2 Å². The van der Waals surface area contributed by atoms with Gasteiger partial charge in [0.15, 0.2) is 0 Å². The molecule has 228 valence electrons. The maximum atomic E-state index is 2.99.